The fourth-order valence-electron chi connectivity index (χ4n) is 1.21. The van der Waals surface area contributed by atoms with Crippen molar-refractivity contribution in [1.82, 2.24) is 10.2 Å². The Morgan fingerprint density at radius 1 is 1.31 bits per heavy atom. The van der Waals surface area contributed by atoms with Crippen LogP contribution in [0.1, 0.15) is 11.8 Å². The van der Waals surface area contributed by atoms with Crippen molar-refractivity contribution in [3.63, 3.8) is 0 Å². The van der Waals surface area contributed by atoms with E-state index in [1.807, 2.05) is 0 Å². The van der Waals surface area contributed by atoms with E-state index in [0.29, 0.717) is 28.4 Å². The topological polar surface area (TPSA) is 51.0 Å². The quantitative estimate of drug-likeness (QED) is 0.917. The van der Waals surface area contributed by atoms with Gasteiger partial charge in [-0.1, -0.05) is 23.2 Å². The number of nitrogens with one attached hydrogen (secondary N) is 1. The first kappa shape index (κ1) is 11.2. The van der Waals surface area contributed by atoms with Gasteiger partial charge in [0.05, 0.1) is 17.3 Å². The molecule has 16 heavy (non-hydrogen) atoms. The monoisotopic (exact) mass is 257 g/mol. The van der Waals surface area contributed by atoms with Gasteiger partial charge in [-0.3, -0.25) is 0 Å². The summed E-state index contributed by atoms with van der Waals surface area (Å²) in [6.45, 7) is 2.16. The van der Waals surface area contributed by atoms with Gasteiger partial charge in [0.2, 0.25) is 11.8 Å². The fraction of sp³-hybridized carbons (Fsp3) is 0.200. The molecule has 0 amide bonds. The molecule has 0 atom stereocenters. The smallest absolute Gasteiger partial charge is 0.235 e. The summed E-state index contributed by atoms with van der Waals surface area (Å²) in [5.74, 6) is 1.04. The molecule has 0 fully saturated rings. The van der Waals surface area contributed by atoms with E-state index in [1.165, 1.54) is 0 Å². The molecular weight excluding hydrogens is 249 g/mol. The second kappa shape index (κ2) is 4.72. The van der Waals surface area contributed by atoms with Crippen LogP contribution in [-0.4, -0.2) is 10.2 Å². The molecule has 0 aliphatic carbocycles. The number of benzene rings is 1. The molecule has 1 aromatic carbocycles. The number of hydrogen-bond acceptors (Lipinski definition) is 4. The maximum Gasteiger partial charge on any atom is 0.235 e. The standard InChI is InChI=1S/C10H9Cl2N3O/c1-6-14-15-10(16-6)5-13-9-4-7(11)2-3-8(9)12/h2-4,13H,5H2,1H3. The summed E-state index contributed by atoms with van der Waals surface area (Å²) in [6.07, 6.45) is 0. The van der Waals surface area contributed by atoms with Gasteiger partial charge in [-0.25, -0.2) is 0 Å². The Kier molecular flexibility index (Phi) is 3.31. The van der Waals surface area contributed by atoms with Crippen LogP contribution < -0.4 is 5.32 Å². The highest BCUT2D eigenvalue weighted by Gasteiger charge is 2.04. The van der Waals surface area contributed by atoms with Crippen LogP contribution in [0.3, 0.4) is 0 Å². The van der Waals surface area contributed by atoms with Gasteiger partial charge >= 0.3 is 0 Å². The molecule has 2 rings (SSSR count). The molecule has 0 unspecified atom stereocenters. The minimum atomic E-state index is 0.418. The zero-order chi connectivity index (χ0) is 11.5. The zero-order valence-corrected chi connectivity index (χ0v) is 10.0. The summed E-state index contributed by atoms with van der Waals surface area (Å²) in [6, 6.07) is 5.20. The molecule has 0 bridgehead atoms. The average Bonchev–Trinajstić information content (AvgIpc) is 2.66. The first-order valence-electron chi connectivity index (χ1n) is 4.63. The summed E-state index contributed by atoms with van der Waals surface area (Å²) in [5.41, 5.74) is 0.741. The molecule has 0 aliphatic rings. The van der Waals surface area contributed by atoms with Gasteiger partial charge in [0, 0.05) is 11.9 Å². The highest BCUT2D eigenvalue weighted by atomic mass is 35.5. The SMILES string of the molecule is Cc1nnc(CNc2cc(Cl)ccc2Cl)o1. The Balaban J connectivity index is 2.07. The molecule has 1 N–H and O–H groups in total. The van der Waals surface area contributed by atoms with Crippen molar-refractivity contribution in [2.75, 3.05) is 5.32 Å². The third kappa shape index (κ3) is 2.65. The number of rotatable bonds is 3. The first-order chi connectivity index (χ1) is 7.65. The lowest BCUT2D eigenvalue weighted by Crippen LogP contribution is -2.00. The van der Waals surface area contributed by atoms with Crippen molar-refractivity contribution >= 4 is 28.9 Å². The van der Waals surface area contributed by atoms with E-state index in [2.05, 4.69) is 15.5 Å². The molecule has 1 heterocycles. The largest absolute Gasteiger partial charge is 0.424 e. The van der Waals surface area contributed by atoms with Crippen molar-refractivity contribution in [1.29, 1.82) is 0 Å². The van der Waals surface area contributed by atoms with Gasteiger partial charge in [0.15, 0.2) is 0 Å². The van der Waals surface area contributed by atoms with Crippen LogP contribution in [0.2, 0.25) is 10.0 Å². The lowest BCUT2D eigenvalue weighted by Gasteiger charge is -2.05. The van der Waals surface area contributed by atoms with Crippen molar-refractivity contribution in [2.24, 2.45) is 0 Å². The molecule has 0 spiro atoms. The highest BCUT2D eigenvalue weighted by Crippen LogP contribution is 2.25. The van der Waals surface area contributed by atoms with Crippen molar-refractivity contribution in [3.05, 3.63) is 40.0 Å². The summed E-state index contributed by atoms with van der Waals surface area (Å²) >= 11 is 11.8. The Morgan fingerprint density at radius 2 is 2.12 bits per heavy atom. The van der Waals surface area contributed by atoms with Crippen LogP contribution in [0.4, 0.5) is 5.69 Å². The maximum absolute atomic E-state index is 5.98. The van der Waals surface area contributed by atoms with E-state index < -0.39 is 0 Å². The number of aryl methyl sites for hydroxylation is 1. The van der Waals surface area contributed by atoms with E-state index in [1.54, 1.807) is 25.1 Å². The van der Waals surface area contributed by atoms with Gasteiger partial charge in [-0.15, -0.1) is 10.2 Å². The Labute approximate surface area is 103 Å². The summed E-state index contributed by atoms with van der Waals surface area (Å²) in [7, 11) is 0. The normalized spacial score (nSPS) is 10.4. The van der Waals surface area contributed by atoms with Crippen LogP contribution in [-0.2, 0) is 6.54 Å². The number of anilines is 1. The highest BCUT2D eigenvalue weighted by molar-refractivity contribution is 6.35. The summed E-state index contributed by atoms with van der Waals surface area (Å²) < 4.78 is 5.21. The first-order valence-corrected chi connectivity index (χ1v) is 5.38. The summed E-state index contributed by atoms with van der Waals surface area (Å²) in [4.78, 5) is 0. The van der Waals surface area contributed by atoms with Crippen LogP contribution >= 0.6 is 23.2 Å². The molecule has 84 valence electrons. The lowest BCUT2D eigenvalue weighted by molar-refractivity contribution is 0.475. The minimum Gasteiger partial charge on any atom is -0.424 e. The molecule has 0 radical (unpaired) electrons. The minimum absolute atomic E-state index is 0.418. The molecule has 4 nitrogen and oxygen atoms in total. The summed E-state index contributed by atoms with van der Waals surface area (Å²) in [5, 5.41) is 11.9. The lowest BCUT2D eigenvalue weighted by atomic mass is 10.3. The van der Waals surface area contributed by atoms with Crippen LogP contribution in [0.5, 0.6) is 0 Å². The second-order valence-electron chi connectivity index (χ2n) is 3.19. The Bertz CT molecular complexity index is 499. The predicted octanol–water partition coefficient (Wildman–Crippen LogP) is 3.30. The second-order valence-corrected chi connectivity index (χ2v) is 4.04. The number of nitrogens with zero attached hydrogens (tertiary/aromatic N) is 2. The number of hydrogen-bond donors (Lipinski definition) is 1. The maximum atomic E-state index is 5.98. The van der Waals surface area contributed by atoms with Gasteiger partial charge in [-0.2, -0.15) is 0 Å². The van der Waals surface area contributed by atoms with Crippen molar-refractivity contribution in [2.45, 2.75) is 13.5 Å². The molecule has 0 aliphatic heterocycles. The molecule has 0 saturated carbocycles. The van der Waals surface area contributed by atoms with Crippen LogP contribution in [0, 0.1) is 6.92 Å². The van der Waals surface area contributed by atoms with Crippen molar-refractivity contribution < 1.29 is 4.42 Å². The van der Waals surface area contributed by atoms with E-state index in [-0.39, 0.29) is 0 Å². The van der Waals surface area contributed by atoms with Crippen LogP contribution in [0.15, 0.2) is 22.6 Å². The fourth-order valence-corrected chi connectivity index (χ4v) is 1.57. The van der Waals surface area contributed by atoms with E-state index >= 15 is 0 Å². The van der Waals surface area contributed by atoms with E-state index in [4.69, 9.17) is 27.6 Å². The third-order valence-corrected chi connectivity index (χ3v) is 2.49. The zero-order valence-electron chi connectivity index (χ0n) is 8.50. The van der Waals surface area contributed by atoms with Gasteiger partial charge in [0.25, 0.3) is 0 Å². The van der Waals surface area contributed by atoms with Gasteiger partial charge in [-0.05, 0) is 18.2 Å². The Morgan fingerprint density at radius 3 is 2.81 bits per heavy atom. The van der Waals surface area contributed by atoms with Gasteiger partial charge < -0.3 is 9.73 Å². The molecule has 1 aromatic heterocycles. The van der Waals surface area contributed by atoms with Gasteiger partial charge in [0.1, 0.15) is 0 Å². The molecular formula is C10H9Cl2N3O. The van der Waals surface area contributed by atoms with E-state index in [9.17, 15) is 0 Å². The number of aromatic nitrogens is 2. The molecule has 0 saturated heterocycles. The number of halogens is 2. The van der Waals surface area contributed by atoms with Crippen molar-refractivity contribution in [3.8, 4) is 0 Å². The average molecular weight is 258 g/mol. The Hall–Kier alpha value is -1.26. The molecule has 6 heteroatoms. The predicted molar refractivity (Wildman–Crippen MR) is 62.8 cm³/mol. The van der Waals surface area contributed by atoms with Crippen LogP contribution in [0.25, 0.3) is 0 Å². The third-order valence-electron chi connectivity index (χ3n) is 1.93. The molecule has 2 aromatic rings. The van der Waals surface area contributed by atoms with E-state index in [0.717, 1.165) is 5.69 Å².